The lowest BCUT2D eigenvalue weighted by molar-refractivity contribution is -0.148. The summed E-state index contributed by atoms with van der Waals surface area (Å²) in [4.78, 5) is 112. The van der Waals surface area contributed by atoms with E-state index in [2.05, 4.69) is 21.3 Å². The number of phenols is 1. The van der Waals surface area contributed by atoms with E-state index in [-0.39, 0.29) is 44.6 Å². The van der Waals surface area contributed by atoms with Gasteiger partial charge >= 0.3 is 0 Å². The Kier molecular flexibility index (Phi) is 12.6. The minimum Gasteiger partial charge on any atom is -0.508 e. The monoisotopic (exact) mass is 738 g/mol. The van der Waals surface area contributed by atoms with E-state index in [4.69, 9.17) is 5.73 Å². The minimum absolute atomic E-state index is 0.00486. The summed E-state index contributed by atoms with van der Waals surface area (Å²) in [5.41, 5.74) is 5.99. The van der Waals surface area contributed by atoms with Gasteiger partial charge < -0.3 is 46.8 Å². The van der Waals surface area contributed by atoms with Crippen LogP contribution in [0.5, 0.6) is 5.75 Å². The highest BCUT2D eigenvalue weighted by atomic mass is 16.3. The molecule has 0 aliphatic carbocycles. The molecule has 0 radical (unpaired) electrons. The molecule has 0 spiro atoms. The van der Waals surface area contributed by atoms with Gasteiger partial charge in [-0.3, -0.25) is 38.4 Å². The molecule has 6 atom stereocenters. The van der Waals surface area contributed by atoms with E-state index in [1.165, 1.54) is 26.8 Å². The maximum Gasteiger partial charge on any atom is 0.246 e. The second-order valence-corrected chi connectivity index (χ2v) is 14.6. The molecule has 4 fully saturated rings. The van der Waals surface area contributed by atoms with E-state index in [1.54, 1.807) is 26.0 Å². The fourth-order valence-electron chi connectivity index (χ4n) is 7.65. The van der Waals surface area contributed by atoms with Crippen LogP contribution in [0.3, 0.4) is 0 Å². The van der Waals surface area contributed by atoms with E-state index in [0.717, 1.165) is 0 Å². The molecule has 0 unspecified atom stereocenters. The van der Waals surface area contributed by atoms with Crippen LogP contribution in [0.25, 0.3) is 0 Å². The Morgan fingerprint density at radius 3 is 1.91 bits per heavy atom. The SMILES string of the molecule is CC(C)[C@@H]1NC(=O)[C@H](Cc2ccc(O)cc2)NC(=O)[C@@H]2CCCN2C(=O)[C@@H]2CCCN2C(=O)[C@H](CCC(N)=O)NC(=O)CNC(=O)[C@@H]2CCCN2C1=O. The van der Waals surface area contributed by atoms with Crippen LogP contribution in [-0.2, 0) is 44.8 Å². The van der Waals surface area contributed by atoms with Crippen molar-refractivity contribution in [3.8, 4) is 5.75 Å². The topological polar surface area (TPSA) is 241 Å². The van der Waals surface area contributed by atoms with Gasteiger partial charge in [0.2, 0.25) is 47.3 Å². The number of hydrogen-bond donors (Lipinski definition) is 6. The number of carbonyl (C=O) groups is 8. The van der Waals surface area contributed by atoms with Crippen molar-refractivity contribution in [2.75, 3.05) is 26.2 Å². The van der Waals surface area contributed by atoms with Crippen LogP contribution in [0.15, 0.2) is 24.3 Å². The molecule has 4 aliphatic rings. The maximum atomic E-state index is 14.1. The number of aromatic hydroxyl groups is 1. The van der Waals surface area contributed by atoms with Crippen LogP contribution in [0.4, 0.5) is 0 Å². The molecule has 288 valence electrons. The summed E-state index contributed by atoms with van der Waals surface area (Å²) < 4.78 is 0. The lowest BCUT2D eigenvalue weighted by Crippen LogP contribution is -2.60. The van der Waals surface area contributed by atoms with Crippen LogP contribution in [0, 0.1) is 5.92 Å². The van der Waals surface area contributed by atoms with Gasteiger partial charge in [0, 0.05) is 32.5 Å². The zero-order valence-electron chi connectivity index (χ0n) is 30.2. The molecule has 5 rings (SSSR count). The van der Waals surface area contributed by atoms with E-state index in [9.17, 15) is 43.5 Å². The molecule has 1 aromatic rings. The Morgan fingerprint density at radius 1 is 0.736 bits per heavy atom. The summed E-state index contributed by atoms with van der Waals surface area (Å²) >= 11 is 0. The number of phenolic OH excluding ortho intramolecular Hbond substituents is 1. The largest absolute Gasteiger partial charge is 0.508 e. The highest BCUT2D eigenvalue weighted by Crippen LogP contribution is 2.27. The van der Waals surface area contributed by atoms with Crippen molar-refractivity contribution in [2.24, 2.45) is 11.7 Å². The Morgan fingerprint density at radius 2 is 1.30 bits per heavy atom. The Labute approximate surface area is 307 Å². The number of primary amides is 1. The van der Waals surface area contributed by atoms with Gasteiger partial charge in [-0.05, 0) is 68.6 Å². The normalized spacial score (nSPS) is 28.1. The van der Waals surface area contributed by atoms with Gasteiger partial charge in [-0.2, -0.15) is 0 Å². The lowest BCUT2D eigenvalue weighted by atomic mass is 9.99. The molecule has 4 saturated heterocycles. The molecule has 8 amide bonds. The first-order valence-electron chi connectivity index (χ1n) is 18.4. The van der Waals surface area contributed by atoms with Crippen molar-refractivity contribution in [1.82, 2.24) is 36.0 Å². The van der Waals surface area contributed by atoms with Gasteiger partial charge in [0.1, 0.15) is 42.0 Å². The van der Waals surface area contributed by atoms with Gasteiger partial charge in [0.15, 0.2) is 0 Å². The summed E-state index contributed by atoms with van der Waals surface area (Å²) in [5.74, 6) is -5.15. The van der Waals surface area contributed by atoms with Gasteiger partial charge in [-0.25, -0.2) is 0 Å². The second-order valence-electron chi connectivity index (χ2n) is 14.6. The van der Waals surface area contributed by atoms with Gasteiger partial charge in [-0.1, -0.05) is 26.0 Å². The Hall–Kier alpha value is -5.22. The molecule has 0 aromatic heterocycles. The van der Waals surface area contributed by atoms with E-state index < -0.39 is 96.0 Å². The maximum absolute atomic E-state index is 14.1. The van der Waals surface area contributed by atoms with Crippen molar-refractivity contribution >= 4 is 47.3 Å². The molecule has 0 bridgehead atoms. The molecule has 1 aromatic carbocycles. The quantitative estimate of drug-likeness (QED) is 0.197. The number of nitrogens with one attached hydrogen (secondary N) is 4. The van der Waals surface area contributed by atoms with Crippen LogP contribution in [0.2, 0.25) is 0 Å². The highest BCUT2D eigenvalue weighted by molar-refractivity contribution is 5.98. The fraction of sp³-hybridized carbons (Fsp3) is 0.611. The standard InChI is InChI=1S/C36H50N8O9/c1-20(2)30-36(53)43-16-3-6-25(43)32(49)38-19-29(47)39-23(13-14-28(37)46)34(51)44-17-5-8-27(44)35(52)42-15-4-7-26(42)33(50)40-24(31(48)41-30)18-21-9-11-22(45)12-10-21/h9-12,20,23-27,30,45H,3-8,13-19H2,1-2H3,(H2,37,46)(H,38,49)(H,39,47)(H,40,50)(H,41,48)/t23-,24-,25-,26-,27-,30-/m0/s1. The lowest BCUT2D eigenvalue weighted by Gasteiger charge is -2.33. The molecule has 4 heterocycles. The van der Waals surface area contributed by atoms with E-state index in [1.807, 2.05) is 0 Å². The summed E-state index contributed by atoms with van der Waals surface area (Å²) in [5, 5.41) is 20.6. The number of rotatable bonds is 6. The van der Waals surface area contributed by atoms with E-state index in [0.29, 0.717) is 44.1 Å². The first-order valence-corrected chi connectivity index (χ1v) is 18.4. The number of amides is 8. The number of nitrogens with two attached hydrogens (primary N) is 1. The van der Waals surface area contributed by atoms with Crippen molar-refractivity contribution in [2.45, 2.75) is 108 Å². The van der Waals surface area contributed by atoms with Crippen molar-refractivity contribution in [1.29, 1.82) is 0 Å². The molecular formula is C36H50N8O9. The third-order valence-electron chi connectivity index (χ3n) is 10.5. The average Bonchev–Trinajstić information content (AvgIpc) is 3.92. The predicted molar refractivity (Wildman–Crippen MR) is 188 cm³/mol. The summed E-state index contributed by atoms with van der Waals surface area (Å²) in [7, 11) is 0. The van der Waals surface area contributed by atoms with Crippen molar-refractivity contribution in [3.63, 3.8) is 0 Å². The van der Waals surface area contributed by atoms with Crippen LogP contribution in [-0.4, -0.2) is 129 Å². The summed E-state index contributed by atoms with van der Waals surface area (Å²) in [6.45, 7) is 3.66. The molecular weight excluding hydrogens is 688 g/mol. The minimum atomic E-state index is -1.22. The number of hydrogen-bond acceptors (Lipinski definition) is 9. The Balaban J connectivity index is 1.49. The first kappa shape index (κ1) is 39.0. The van der Waals surface area contributed by atoms with Gasteiger partial charge in [0.25, 0.3) is 0 Å². The smallest absolute Gasteiger partial charge is 0.246 e. The zero-order valence-corrected chi connectivity index (χ0v) is 30.2. The molecule has 0 saturated carbocycles. The van der Waals surface area contributed by atoms with Gasteiger partial charge in [0.05, 0.1) is 6.54 Å². The molecule has 53 heavy (non-hydrogen) atoms. The highest BCUT2D eigenvalue weighted by Gasteiger charge is 2.45. The predicted octanol–water partition coefficient (Wildman–Crippen LogP) is -1.59. The number of fused-ring (bicyclic) bond motifs is 3. The van der Waals surface area contributed by atoms with Crippen molar-refractivity contribution < 1.29 is 43.5 Å². The second kappa shape index (κ2) is 17.1. The molecule has 17 heteroatoms. The third-order valence-corrected chi connectivity index (χ3v) is 10.5. The number of carbonyl (C=O) groups excluding carboxylic acids is 8. The van der Waals surface area contributed by atoms with Crippen LogP contribution in [0.1, 0.15) is 70.8 Å². The average molecular weight is 739 g/mol. The van der Waals surface area contributed by atoms with E-state index >= 15 is 0 Å². The first-order chi connectivity index (χ1) is 25.2. The van der Waals surface area contributed by atoms with Crippen LogP contribution < -0.4 is 27.0 Å². The zero-order chi connectivity index (χ0) is 38.4. The molecule has 4 aliphatic heterocycles. The van der Waals surface area contributed by atoms with Crippen molar-refractivity contribution in [3.05, 3.63) is 29.8 Å². The summed E-state index contributed by atoms with van der Waals surface area (Å²) in [6.07, 6.45) is 2.09. The Bertz CT molecular complexity index is 1600. The fourth-order valence-corrected chi connectivity index (χ4v) is 7.65. The molecule has 17 nitrogen and oxygen atoms in total. The number of benzene rings is 1. The molecule has 7 N–H and O–H groups in total. The van der Waals surface area contributed by atoms with Crippen LogP contribution >= 0.6 is 0 Å². The summed E-state index contributed by atoms with van der Waals surface area (Å²) in [6, 6.07) is -0.139. The van der Waals surface area contributed by atoms with Gasteiger partial charge in [-0.15, -0.1) is 0 Å². The third kappa shape index (κ3) is 9.24. The number of nitrogens with zero attached hydrogens (tertiary/aromatic N) is 3.